The number of benzene rings is 1. The quantitative estimate of drug-likeness (QED) is 0.872. The van der Waals surface area contributed by atoms with E-state index in [1.165, 1.54) is 0 Å². The maximum absolute atomic E-state index is 12.2. The molecular weight excluding hydrogens is 316 g/mol. The molecule has 98 valence electrons. The molecule has 0 saturated carbocycles. The molecule has 1 fully saturated rings. The van der Waals surface area contributed by atoms with Crippen molar-refractivity contribution in [2.24, 2.45) is 5.92 Å². The third-order valence-corrected chi connectivity index (χ3v) is 4.43. The van der Waals surface area contributed by atoms with Crippen molar-refractivity contribution in [3.05, 3.63) is 27.2 Å². The number of rotatable bonds is 2. The van der Waals surface area contributed by atoms with Crippen molar-refractivity contribution >= 4 is 39.1 Å². The van der Waals surface area contributed by atoms with Gasteiger partial charge < -0.3 is 10.6 Å². The highest BCUT2D eigenvalue weighted by molar-refractivity contribution is 9.10. The van der Waals surface area contributed by atoms with Crippen molar-refractivity contribution in [1.82, 2.24) is 5.32 Å². The Labute approximate surface area is 120 Å². The van der Waals surface area contributed by atoms with Crippen LogP contribution in [0.3, 0.4) is 0 Å². The third-order valence-electron chi connectivity index (χ3n) is 3.37. The van der Waals surface area contributed by atoms with E-state index in [0.717, 1.165) is 28.7 Å². The molecule has 2 unspecified atom stereocenters. The van der Waals surface area contributed by atoms with Gasteiger partial charge >= 0.3 is 0 Å². The summed E-state index contributed by atoms with van der Waals surface area (Å²) in [5.74, 6) is 0.0742. The standard InChI is InChI=1S/C13H16BrClN2O/c1-7-5-10(14)12(6-11(7)15)17-13(18)9-3-4-16-8(9)2/h5-6,8-9,16H,3-4H2,1-2H3,(H,17,18). The average molecular weight is 332 g/mol. The largest absolute Gasteiger partial charge is 0.325 e. The molecule has 1 aliphatic rings. The van der Waals surface area contributed by atoms with Crippen LogP contribution in [-0.2, 0) is 4.79 Å². The summed E-state index contributed by atoms with van der Waals surface area (Å²) in [6.45, 7) is 4.87. The Hall–Kier alpha value is -0.580. The van der Waals surface area contributed by atoms with E-state index in [1.807, 2.05) is 19.9 Å². The number of halogens is 2. The van der Waals surface area contributed by atoms with Crippen molar-refractivity contribution < 1.29 is 4.79 Å². The van der Waals surface area contributed by atoms with E-state index in [-0.39, 0.29) is 17.9 Å². The summed E-state index contributed by atoms with van der Waals surface area (Å²) in [5.41, 5.74) is 1.71. The Balaban J connectivity index is 2.14. The molecule has 18 heavy (non-hydrogen) atoms. The Morgan fingerprint density at radius 3 is 2.89 bits per heavy atom. The second-order valence-corrected chi connectivity index (χ2v) is 5.97. The Morgan fingerprint density at radius 2 is 2.28 bits per heavy atom. The lowest BCUT2D eigenvalue weighted by molar-refractivity contribution is -0.120. The Kier molecular flexibility index (Phi) is 4.30. The van der Waals surface area contributed by atoms with Gasteiger partial charge in [0.1, 0.15) is 0 Å². The molecule has 0 spiro atoms. The summed E-state index contributed by atoms with van der Waals surface area (Å²) in [7, 11) is 0. The number of aryl methyl sites for hydroxylation is 1. The first-order valence-electron chi connectivity index (χ1n) is 5.99. The zero-order valence-electron chi connectivity index (χ0n) is 10.4. The van der Waals surface area contributed by atoms with Gasteiger partial charge in [-0.05, 0) is 60.4 Å². The lowest BCUT2D eigenvalue weighted by Crippen LogP contribution is -2.32. The number of nitrogens with one attached hydrogen (secondary N) is 2. The van der Waals surface area contributed by atoms with E-state index < -0.39 is 0 Å². The minimum atomic E-state index is 0.0250. The van der Waals surface area contributed by atoms with Crippen LogP contribution in [0.5, 0.6) is 0 Å². The molecule has 2 rings (SSSR count). The van der Waals surface area contributed by atoms with Crippen LogP contribution in [0.25, 0.3) is 0 Å². The lowest BCUT2D eigenvalue weighted by Gasteiger charge is -2.16. The van der Waals surface area contributed by atoms with Gasteiger partial charge in [-0.1, -0.05) is 11.6 Å². The van der Waals surface area contributed by atoms with E-state index in [1.54, 1.807) is 6.07 Å². The topological polar surface area (TPSA) is 41.1 Å². The van der Waals surface area contributed by atoms with Gasteiger partial charge in [0.05, 0.1) is 11.6 Å². The number of hydrogen-bond acceptors (Lipinski definition) is 2. The lowest BCUT2D eigenvalue weighted by atomic mass is 10.0. The van der Waals surface area contributed by atoms with E-state index >= 15 is 0 Å². The number of carbonyl (C=O) groups is 1. The van der Waals surface area contributed by atoms with Crippen LogP contribution in [0.4, 0.5) is 5.69 Å². The molecule has 1 aliphatic heterocycles. The van der Waals surface area contributed by atoms with E-state index in [4.69, 9.17) is 11.6 Å². The molecule has 0 bridgehead atoms. The molecule has 3 nitrogen and oxygen atoms in total. The normalized spacial score (nSPS) is 23.1. The molecule has 0 aromatic heterocycles. The van der Waals surface area contributed by atoms with Crippen LogP contribution in [0.2, 0.25) is 5.02 Å². The predicted molar refractivity (Wildman–Crippen MR) is 78.1 cm³/mol. The molecule has 1 saturated heterocycles. The van der Waals surface area contributed by atoms with Crippen LogP contribution in [0.15, 0.2) is 16.6 Å². The van der Waals surface area contributed by atoms with Crippen LogP contribution in [-0.4, -0.2) is 18.5 Å². The summed E-state index contributed by atoms with van der Waals surface area (Å²) >= 11 is 9.52. The zero-order chi connectivity index (χ0) is 13.3. The van der Waals surface area contributed by atoms with Gasteiger partial charge in [0.2, 0.25) is 5.91 Å². The number of hydrogen-bond donors (Lipinski definition) is 2. The summed E-state index contributed by atoms with van der Waals surface area (Å²) in [5, 5.41) is 6.87. The Bertz CT molecular complexity index is 478. The smallest absolute Gasteiger partial charge is 0.229 e. The Morgan fingerprint density at radius 1 is 1.56 bits per heavy atom. The fraction of sp³-hybridized carbons (Fsp3) is 0.462. The van der Waals surface area contributed by atoms with E-state index in [0.29, 0.717) is 5.02 Å². The van der Waals surface area contributed by atoms with Crippen molar-refractivity contribution in [2.75, 3.05) is 11.9 Å². The van der Waals surface area contributed by atoms with Crippen molar-refractivity contribution in [1.29, 1.82) is 0 Å². The fourth-order valence-corrected chi connectivity index (χ4v) is 2.91. The molecule has 5 heteroatoms. The highest BCUT2D eigenvalue weighted by atomic mass is 79.9. The van der Waals surface area contributed by atoms with Crippen molar-refractivity contribution in [3.63, 3.8) is 0 Å². The monoisotopic (exact) mass is 330 g/mol. The maximum Gasteiger partial charge on any atom is 0.229 e. The van der Waals surface area contributed by atoms with Gasteiger partial charge in [0.25, 0.3) is 0 Å². The number of anilines is 1. The average Bonchev–Trinajstić information content (AvgIpc) is 2.72. The summed E-state index contributed by atoms with van der Waals surface area (Å²) < 4.78 is 0.858. The molecule has 0 radical (unpaired) electrons. The van der Waals surface area contributed by atoms with Crippen molar-refractivity contribution in [3.8, 4) is 0 Å². The van der Waals surface area contributed by atoms with Crippen LogP contribution < -0.4 is 10.6 Å². The zero-order valence-corrected chi connectivity index (χ0v) is 12.7. The third kappa shape index (κ3) is 2.87. The first kappa shape index (κ1) is 13.8. The second kappa shape index (κ2) is 5.59. The molecule has 1 amide bonds. The van der Waals surface area contributed by atoms with Gasteiger partial charge in [0, 0.05) is 15.5 Å². The highest BCUT2D eigenvalue weighted by Crippen LogP contribution is 2.30. The maximum atomic E-state index is 12.2. The van der Waals surface area contributed by atoms with Crippen LogP contribution in [0, 0.1) is 12.8 Å². The number of amides is 1. The van der Waals surface area contributed by atoms with Gasteiger partial charge in [0.15, 0.2) is 0 Å². The summed E-state index contributed by atoms with van der Waals surface area (Å²) in [6.07, 6.45) is 0.879. The molecule has 2 N–H and O–H groups in total. The minimum absolute atomic E-state index is 0.0250. The molecule has 1 aromatic rings. The number of carbonyl (C=O) groups excluding carboxylic acids is 1. The van der Waals surface area contributed by atoms with Gasteiger partial charge in [-0.2, -0.15) is 0 Å². The molecule has 0 aliphatic carbocycles. The predicted octanol–water partition coefficient (Wildman–Crippen LogP) is 3.35. The summed E-state index contributed by atoms with van der Waals surface area (Å²) in [6, 6.07) is 3.92. The minimum Gasteiger partial charge on any atom is -0.325 e. The van der Waals surface area contributed by atoms with Crippen molar-refractivity contribution in [2.45, 2.75) is 26.3 Å². The first-order chi connectivity index (χ1) is 8.49. The molecule has 2 atom stereocenters. The summed E-state index contributed by atoms with van der Waals surface area (Å²) in [4.78, 5) is 12.2. The van der Waals surface area contributed by atoms with Gasteiger partial charge in [-0.15, -0.1) is 0 Å². The second-order valence-electron chi connectivity index (χ2n) is 4.71. The van der Waals surface area contributed by atoms with Crippen LogP contribution >= 0.6 is 27.5 Å². The van der Waals surface area contributed by atoms with E-state index in [9.17, 15) is 4.79 Å². The SMILES string of the molecule is Cc1cc(Br)c(NC(=O)C2CCNC2C)cc1Cl. The molecular formula is C13H16BrClN2O. The molecule has 1 aromatic carbocycles. The first-order valence-corrected chi connectivity index (χ1v) is 7.16. The van der Waals surface area contributed by atoms with Gasteiger partial charge in [-0.25, -0.2) is 0 Å². The van der Waals surface area contributed by atoms with E-state index in [2.05, 4.69) is 26.6 Å². The highest BCUT2D eigenvalue weighted by Gasteiger charge is 2.29. The fourth-order valence-electron chi connectivity index (χ4n) is 2.18. The van der Waals surface area contributed by atoms with Gasteiger partial charge in [-0.3, -0.25) is 4.79 Å². The van der Waals surface area contributed by atoms with Crippen LogP contribution in [0.1, 0.15) is 18.9 Å². The molecule has 1 heterocycles.